The number of rotatable bonds is 3. The standard InChI is InChI=1S/C27H25Cl2N7O2/c28-17-5-6-23(36-14-25(29)33-34-36)20(11-17)21-13-26(37)35(15-32-21)24-4-2-1-3-8-31-27(38)19-12-18(19)16-7-9-30-22(24)10-16/h1-2,5-7,9-11,13-15,18-19,24,33-34H,3-4,8,12H2,(H,31,38)/b2-1+/t18-,19-,24+/m1/s1. The van der Waals surface area contributed by atoms with Gasteiger partial charge in [0, 0.05) is 35.3 Å². The Hall–Kier alpha value is -3.66. The van der Waals surface area contributed by atoms with Crippen LogP contribution in [-0.4, -0.2) is 27.0 Å². The number of aromatic nitrogens is 3. The number of nitrogens with one attached hydrogen (secondary N) is 3. The van der Waals surface area contributed by atoms with E-state index in [0.717, 1.165) is 29.8 Å². The summed E-state index contributed by atoms with van der Waals surface area (Å²) in [5.41, 5.74) is 9.27. The van der Waals surface area contributed by atoms with Crippen LogP contribution in [0.5, 0.6) is 0 Å². The number of halogens is 2. The van der Waals surface area contributed by atoms with E-state index in [1.165, 1.54) is 6.07 Å². The number of hydrazine groups is 2. The van der Waals surface area contributed by atoms with Crippen molar-refractivity contribution in [2.45, 2.75) is 31.2 Å². The maximum absolute atomic E-state index is 13.5. The van der Waals surface area contributed by atoms with Gasteiger partial charge < -0.3 is 5.32 Å². The van der Waals surface area contributed by atoms with Crippen LogP contribution >= 0.6 is 23.2 Å². The molecule has 3 aromatic rings. The van der Waals surface area contributed by atoms with Crippen LogP contribution in [0.1, 0.15) is 42.5 Å². The molecule has 2 aliphatic heterocycles. The summed E-state index contributed by atoms with van der Waals surface area (Å²) in [5.74, 6) is 0.279. The topological polar surface area (TPSA) is 104 Å². The molecule has 194 valence electrons. The van der Waals surface area contributed by atoms with E-state index in [1.54, 1.807) is 40.4 Å². The van der Waals surface area contributed by atoms with Crippen molar-refractivity contribution in [2.24, 2.45) is 5.92 Å². The lowest BCUT2D eigenvalue weighted by molar-refractivity contribution is -0.122. The summed E-state index contributed by atoms with van der Waals surface area (Å²) < 4.78 is 1.62. The third-order valence-corrected chi connectivity index (χ3v) is 7.47. The number of fused-ring (bicyclic) bond motifs is 4. The number of amides is 1. The fourth-order valence-electron chi connectivity index (χ4n) is 5.00. The molecule has 3 N–H and O–H groups in total. The molecule has 1 saturated carbocycles. The summed E-state index contributed by atoms with van der Waals surface area (Å²) in [7, 11) is 0. The van der Waals surface area contributed by atoms with Gasteiger partial charge in [-0.3, -0.25) is 29.6 Å². The second-order valence-electron chi connectivity index (χ2n) is 9.53. The molecule has 0 spiro atoms. The first-order valence-electron chi connectivity index (χ1n) is 12.4. The Kier molecular flexibility index (Phi) is 6.65. The molecular formula is C27H25Cl2N7O2. The van der Waals surface area contributed by atoms with Crippen LogP contribution in [0.3, 0.4) is 0 Å². The number of anilines is 1. The molecule has 1 aliphatic carbocycles. The van der Waals surface area contributed by atoms with Gasteiger partial charge in [-0.15, -0.1) is 5.53 Å². The average molecular weight is 550 g/mol. The number of nitrogens with zero attached hydrogens (tertiary/aromatic N) is 4. The van der Waals surface area contributed by atoms with E-state index in [-0.39, 0.29) is 29.3 Å². The van der Waals surface area contributed by atoms with E-state index < -0.39 is 0 Å². The number of allylic oxidation sites excluding steroid dienone is 1. The molecule has 9 nitrogen and oxygen atoms in total. The quantitative estimate of drug-likeness (QED) is 0.335. The second-order valence-corrected chi connectivity index (χ2v) is 10.4. The molecule has 11 heteroatoms. The summed E-state index contributed by atoms with van der Waals surface area (Å²) in [5, 5.41) is 5.66. The number of benzene rings is 1. The molecule has 2 aromatic heterocycles. The van der Waals surface area contributed by atoms with Gasteiger partial charge in [-0.1, -0.05) is 35.4 Å². The highest BCUT2D eigenvalue weighted by Gasteiger charge is 2.44. The molecule has 1 fully saturated rings. The summed E-state index contributed by atoms with van der Waals surface area (Å²) in [4.78, 5) is 35.3. The lowest BCUT2D eigenvalue weighted by Crippen LogP contribution is -2.36. The second kappa shape index (κ2) is 10.2. The van der Waals surface area contributed by atoms with Gasteiger partial charge in [0.15, 0.2) is 0 Å². The molecule has 0 unspecified atom stereocenters. The molecule has 6 rings (SSSR count). The Labute approximate surface area is 229 Å². The number of hydrogen-bond donors (Lipinski definition) is 3. The van der Waals surface area contributed by atoms with E-state index in [4.69, 9.17) is 23.2 Å². The number of pyridine rings is 1. The van der Waals surface area contributed by atoms with E-state index in [9.17, 15) is 9.59 Å². The highest BCUT2D eigenvalue weighted by Crippen LogP contribution is 2.48. The fraction of sp³-hybridized carbons (Fsp3) is 0.259. The SMILES string of the molecule is O=C1NCC/C=C/C[C@H](n2cnc(-c3cc(Cl)ccc3N3C=C(Cl)NN3)cc2=O)c2cc(ccn2)[C@H]2C[C@@H]12. The van der Waals surface area contributed by atoms with E-state index in [1.807, 2.05) is 30.4 Å². The van der Waals surface area contributed by atoms with Crippen LogP contribution in [0, 0.1) is 5.92 Å². The van der Waals surface area contributed by atoms with Crippen LogP contribution in [0.15, 0.2) is 77.2 Å². The average Bonchev–Trinajstić information content (AvgIpc) is 3.61. The van der Waals surface area contributed by atoms with Gasteiger partial charge in [-0.25, -0.2) is 4.98 Å². The first-order chi connectivity index (χ1) is 18.5. The minimum atomic E-state index is -0.341. The monoisotopic (exact) mass is 549 g/mol. The smallest absolute Gasteiger partial charge is 0.254 e. The Balaban J connectivity index is 1.37. The molecule has 2 bridgehead atoms. The van der Waals surface area contributed by atoms with Gasteiger partial charge in [0.05, 0.1) is 35.6 Å². The van der Waals surface area contributed by atoms with Crippen molar-refractivity contribution in [1.82, 2.24) is 30.8 Å². The van der Waals surface area contributed by atoms with Gasteiger partial charge in [0.25, 0.3) is 5.56 Å². The summed E-state index contributed by atoms with van der Waals surface area (Å²) in [6, 6.07) is 10.5. The van der Waals surface area contributed by atoms with Gasteiger partial charge >= 0.3 is 0 Å². The maximum Gasteiger partial charge on any atom is 0.254 e. The zero-order valence-corrected chi connectivity index (χ0v) is 21.8. The lowest BCUT2D eigenvalue weighted by Gasteiger charge is -2.21. The Morgan fingerprint density at radius 1 is 1.00 bits per heavy atom. The van der Waals surface area contributed by atoms with Crippen molar-refractivity contribution in [3.63, 3.8) is 0 Å². The van der Waals surface area contributed by atoms with Gasteiger partial charge in [0.2, 0.25) is 5.91 Å². The van der Waals surface area contributed by atoms with Gasteiger partial charge in [-0.05, 0) is 61.1 Å². The summed E-state index contributed by atoms with van der Waals surface area (Å²) in [6.07, 6.45) is 11.2. The first-order valence-corrected chi connectivity index (χ1v) is 13.2. The van der Waals surface area contributed by atoms with Crippen molar-refractivity contribution in [3.8, 4) is 11.3 Å². The van der Waals surface area contributed by atoms with Crippen LogP contribution in [-0.2, 0) is 4.79 Å². The minimum absolute atomic E-state index is 0.00554. The fourth-order valence-corrected chi connectivity index (χ4v) is 5.31. The lowest BCUT2D eigenvalue weighted by atomic mass is 10.0. The minimum Gasteiger partial charge on any atom is -0.356 e. The van der Waals surface area contributed by atoms with Crippen LogP contribution < -0.4 is 26.8 Å². The molecular weight excluding hydrogens is 525 g/mol. The van der Waals surface area contributed by atoms with Gasteiger partial charge in [-0.2, -0.15) is 0 Å². The van der Waals surface area contributed by atoms with Crippen LogP contribution in [0.25, 0.3) is 11.3 Å². The first kappa shape index (κ1) is 24.7. The predicted molar refractivity (Wildman–Crippen MR) is 146 cm³/mol. The largest absolute Gasteiger partial charge is 0.356 e. The molecule has 1 aromatic carbocycles. The molecule has 38 heavy (non-hydrogen) atoms. The molecule has 1 amide bonds. The van der Waals surface area contributed by atoms with Crippen LogP contribution in [0.4, 0.5) is 5.69 Å². The Bertz CT molecular complexity index is 1520. The molecule has 0 saturated heterocycles. The number of hydrogen-bond acceptors (Lipinski definition) is 7. The molecule has 4 heterocycles. The molecule has 0 radical (unpaired) electrons. The van der Waals surface area contributed by atoms with E-state index in [0.29, 0.717) is 34.4 Å². The maximum atomic E-state index is 13.5. The van der Waals surface area contributed by atoms with E-state index in [2.05, 4.69) is 26.2 Å². The van der Waals surface area contributed by atoms with Crippen molar-refractivity contribution < 1.29 is 4.79 Å². The highest BCUT2D eigenvalue weighted by atomic mass is 35.5. The summed E-state index contributed by atoms with van der Waals surface area (Å²) in [6.45, 7) is 0.596. The third-order valence-electron chi connectivity index (χ3n) is 7.04. The van der Waals surface area contributed by atoms with Crippen molar-refractivity contribution in [1.29, 1.82) is 0 Å². The van der Waals surface area contributed by atoms with Crippen molar-refractivity contribution in [3.05, 3.63) is 99.1 Å². The normalized spacial score (nSPS) is 23.6. The number of carbonyl (C=O) groups excluding carboxylic acids is 1. The predicted octanol–water partition coefficient (Wildman–Crippen LogP) is 3.98. The van der Waals surface area contributed by atoms with Crippen molar-refractivity contribution >= 4 is 34.8 Å². The molecule has 3 atom stereocenters. The third kappa shape index (κ3) is 4.92. The summed E-state index contributed by atoms with van der Waals surface area (Å²) >= 11 is 12.4. The molecule has 3 aliphatic rings. The Morgan fingerprint density at radius 3 is 2.71 bits per heavy atom. The van der Waals surface area contributed by atoms with Crippen LogP contribution in [0.2, 0.25) is 5.02 Å². The highest BCUT2D eigenvalue weighted by molar-refractivity contribution is 6.31. The van der Waals surface area contributed by atoms with Crippen molar-refractivity contribution in [2.75, 3.05) is 11.6 Å². The number of carbonyl (C=O) groups is 1. The Morgan fingerprint density at radius 2 is 1.89 bits per heavy atom. The van der Waals surface area contributed by atoms with E-state index >= 15 is 0 Å². The zero-order valence-electron chi connectivity index (χ0n) is 20.3. The zero-order chi connectivity index (χ0) is 26.2. The van der Waals surface area contributed by atoms with Gasteiger partial charge in [0.1, 0.15) is 5.16 Å².